The molecule has 0 saturated heterocycles. The molecule has 1 aliphatic heterocycles. The van der Waals surface area contributed by atoms with Gasteiger partial charge in [0.2, 0.25) is 0 Å². The zero-order valence-corrected chi connectivity index (χ0v) is 15.2. The molecule has 0 aliphatic carbocycles. The first-order valence-electron chi connectivity index (χ1n) is 8.67. The fraction of sp³-hybridized carbons (Fsp3) is 0.350. The number of carbonyl (C=O) groups excluding carboxylic acids is 2. The molecule has 6 nitrogen and oxygen atoms in total. The third kappa shape index (κ3) is 3.75. The molecule has 0 unspecified atom stereocenters. The molecule has 2 heterocycles. The number of hydrogen-bond acceptors (Lipinski definition) is 5. The summed E-state index contributed by atoms with van der Waals surface area (Å²) in [5, 5.41) is 6.32. The lowest BCUT2D eigenvalue weighted by Crippen LogP contribution is -2.23. The van der Waals surface area contributed by atoms with Crippen molar-refractivity contribution in [1.29, 1.82) is 0 Å². The van der Waals surface area contributed by atoms with Crippen molar-refractivity contribution < 1.29 is 14.3 Å². The van der Waals surface area contributed by atoms with E-state index in [-0.39, 0.29) is 17.9 Å². The van der Waals surface area contributed by atoms with Crippen LogP contribution in [-0.2, 0) is 17.8 Å². The van der Waals surface area contributed by atoms with Crippen LogP contribution in [0, 0.1) is 5.92 Å². The van der Waals surface area contributed by atoms with Gasteiger partial charge in [0.15, 0.2) is 0 Å². The molecule has 26 heavy (non-hydrogen) atoms. The predicted octanol–water partition coefficient (Wildman–Crippen LogP) is 2.60. The van der Waals surface area contributed by atoms with Gasteiger partial charge in [-0.3, -0.25) is 9.78 Å². The number of methoxy groups -OCH3 is 1. The molecular weight excluding hydrogens is 330 g/mol. The number of benzene rings is 1. The summed E-state index contributed by atoms with van der Waals surface area (Å²) < 4.78 is 4.67. The molecule has 0 saturated carbocycles. The summed E-state index contributed by atoms with van der Waals surface area (Å²) >= 11 is 0. The highest BCUT2D eigenvalue weighted by Crippen LogP contribution is 2.29. The second-order valence-corrected chi connectivity index (χ2v) is 6.74. The third-order valence-corrected chi connectivity index (χ3v) is 4.57. The van der Waals surface area contributed by atoms with Gasteiger partial charge in [-0.2, -0.15) is 0 Å². The van der Waals surface area contributed by atoms with E-state index >= 15 is 0 Å². The van der Waals surface area contributed by atoms with E-state index in [0.29, 0.717) is 23.6 Å². The maximum Gasteiger partial charge on any atom is 0.337 e. The number of pyridine rings is 1. The van der Waals surface area contributed by atoms with Gasteiger partial charge in [-0.1, -0.05) is 26.0 Å². The van der Waals surface area contributed by atoms with Crippen LogP contribution < -0.4 is 10.6 Å². The van der Waals surface area contributed by atoms with Crippen molar-refractivity contribution in [2.24, 2.45) is 5.92 Å². The zero-order chi connectivity index (χ0) is 18.7. The Kier molecular flexibility index (Phi) is 5.32. The van der Waals surface area contributed by atoms with Crippen molar-refractivity contribution in [3.8, 4) is 0 Å². The van der Waals surface area contributed by atoms with Crippen molar-refractivity contribution in [3.05, 3.63) is 64.5 Å². The molecule has 3 rings (SSSR count). The molecule has 2 N–H and O–H groups in total. The second-order valence-electron chi connectivity index (χ2n) is 6.74. The molecular formula is C20H23N3O3. The number of amides is 1. The Morgan fingerprint density at radius 3 is 2.65 bits per heavy atom. The number of esters is 1. The van der Waals surface area contributed by atoms with Crippen LogP contribution in [-0.4, -0.2) is 24.0 Å². The molecule has 0 bridgehead atoms. The van der Waals surface area contributed by atoms with Crippen LogP contribution in [0.1, 0.15) is 57.4 Å². The van der Waals surface area contributed by atoms with Gasteiger partial charge in [-0.25, -0.2) is 4.79 Å². The quantitative estimate of drug-likeness (QED) is 0.808. The minimum Gasteiger partial charge on any atom is -0.465 e. The normalized spacial score (nSPS) is 15.6. The van der Waals surface area contributed by atoms with Gasteiger partial charge >= 0.3 is 5.97 Å². The lowest BCUT2D eigenvalue weighted by molar-refractivity contribution is 0.0600. The first-order valence-corrected chi connectivity index (χ1v) is 8.67. The van der Waals surface area contributed by atoms with Crippen LogP contribution in [0.4, 0.5) is 0 Å². The van der Waals surface area contributed by atoms with Crippen molar-refractivity contribution in [2.45, 2.75) is 33.0 Å². The van der Waals surface area contributed by atoms with Crippen molar-refractivity contribution in [1.82, 2.24) is 15.6 Å². The molecule has 0 spiro atoms. The number of nitrogens with zero attached hydrogens (tertiary/aromatic N) is 1. The van der Waals surface area contributed by atoms with Crippen LogP contribution in [0.5, 0.6) is 0 Å². The monoisotopic (exact) mass is 353 g/mol. The Morgan fingerprint density at radius 1 is 1.27 bits per heavy atom. The summed E-state index contributed by atoms with van der Waals surface area (Å²) in [6.07, 6.45) is 1.64. The van der Waals surface area contributed by atoms with Crippen LogP contribution in [0.15, 0.2) is 36.5 Å². The fourth-order valence-corrected chi connectivity index (χ4v) is 3.10. The molecule has 1 atom stereocenters. The van der Waals surface area contributed by atoms with Gasteiger partial charge in [-0.15, -0.1) is 0 Å². The highest BCUT2D eigenvalue weighted by molar-refractivity contribution is 5.94. The zero-order valence-electron chi connectivity index (χ0n) is 15.2. The van der Waals surface area contributed by atoms with Gasteiger partial charge in [0, 0.05) is 19.3 Å². The van der Waals surface area contributed by atoms with Gasteiger partial charge < -0.3 is 15.4 Å². The van der Waals surface area contributed by atoms with E-state index < -0.39 is 0 Å². The van der Waals surface area contributed by atoms with E-state index in [9.17, 15) is 9.59 Å². The molecule has 1 aromatic carbocycles. The number of aromatic nitrogens is 1. The Balaban J connectivity index is 1.63. The number of hydrogen-bond donors (Lipinski definition) is 2. The molecule has 1 aliphatic rings. The highest BCUT2D eigenvalue weighted by atomic mass is 16.5. The molecule has 1 aromatic heterocycles. The number of ether oxygens (including phenoxy) is 1. The second kappa shape index (κ2) is 7.66. The maximum absolute atomic E-state index is 12.4. The van der Waals surface area contributed by atoms with E-state index in [1.54, 1.807) is 30.5 Å². The van der Waals surface area contributed by atoms with E-state index in [1.165, 1.54) is 7.11 Å². The SMILES string of the molecule is COC(=O)c1ccc(CNC(=O)c2cnc3c(c2)CN[C@H]3C(C)C)cc1. The van der Waals surface area contributed by atoms with Crippen molar-refractivity contribution >= 4 is 11.9 Å². The first-order chi connectivity index (χ1) is 12.5. The van der Waals surface area contributed by atoms with Crippen molar-refractivity contribution in [2.75, 3.05) is 7.11 Å². The highest BCUT2D eigenvalue weighted by Gasteiger charge is 2.26. The number of fused-ring (bicyclic) bond motifs is 1. The van der Waals surface area contributed by atoms with Crippen LogP contribution in [0.2, 0.25) is 0 Å². The minimum atomic E-state index is -0.377. The van der Waals surface area contributed by atoms with Gasteiger partial charge in [0.05, 0.1) is 30.0 Å². The largest absolute Gasteiger partial charge is 0.465 e. The van der Waals surface area contributed by atoms with Gasteiger partial charge in [0.1, 0.15) is 0 Å². The van der Waals surface area contributed by atoms with E-state index in [0.717, 1.165) is 23.4 Å². The molecule has 0 radical (unpaired) electrons. The standard InChI is InChI=1S/C20H23N3O3/c1-12(2)17-18-15(10-21-17)8-16(11-22-18)19(24)23-9-13-4-6-14(7-5-13)20(25)26-3/h4-8,11-12,17,21H,9-10H2,1-3H3,(H,23,24)/t17-/m0/s1. The molecule has 0 fully saturated rings. The number of rotatable bonds is 5. The Bertz CT molecular complexity index is 816. The average Bonchev–Trinajstić information content (AvgIpc) is 3.09. The first kappa shape index (κ1) is 18.1. The summed E-state index contributed by atoms with van der Waals surface area (Å²) in [5.74, 6) is -0.0835. The van der Waals surface area contributed by atoms with E-state index in [4.69, 9.17) is 0 Å². The average molecular weight is 353 g/mol. The third-order valence-electron chi connectivity index (χ3n) is 4.57. The number of carbonyl (C=O) groups is 2. The summed E-state index contributed by atoms with van der Waals surface area (Å²) in [6, 6.07) is 9.11. The Labute approximate surface area is 153 Å². The molecule has 1 amide bonds. The van der Waals surface area contributed by atoms with E-state index in [1.807, 2.05) is 6.07 Å². The van der Waals surface area contributed by atoms with Gasteiger partial charge in [0.25, 0.3) is 5.91 Å². The minimum absolute atomic E-state index is 0.162. The summed E-state index contributed by atoms with van der Waals surface area (Å²) in [4.78, 5) is 28.3. The lowest BCUT2D eigenvalue weighted by Gasteiger charge is -2.15. The summed E-state index contributed by atoms with van der Waals surface area (Å²) in [5.41, 5.74) is 4.06. The maximum atomic E-state index is 12.4. The summed E-state index contributed by atoms with van der Waals surface area (Å²) in [7, 11) is 1.35. The Morgan fingerprint density at radius 2 is 2.00 bits per heavy atom. The van der Waals surface area contributed by atoms with Crippen LogP contribution in [0.3, 0.4) is 0 Å². The predicted molar refractivity (Wildman–Crippen MR) is 97.6 cm³/mol. The van der Waals surface area contributed by atoms with Crippen molar-refractivity contribution in [3.63, 3.8) is 0 Å². The Hall–Kier alpha value is -2.73. The van der Waals surface area contributed by atoms with Crippen LogP contribution >= 0.6 is 0 Å². The lowest BCUT2D eigenvalue weighted by atomic mass is 10.0. The van der Waals surface area contributed by atoms with Crippen LogP contribution in [0.25, 0.3) is 0 Å². The summed E-state index contributed by atoms with van der Waals surface area (Å²) in [6.45, 7) is 5.42. The molecule has 2 aromatic rings. The smallest absolute Gasteiger partial charge is 0.337 e. The fourth-order valence-electron chi connectivity index (χ4n) is 3.10. The van der Waals surface area contributed by atoms with E-state index in [2.05, 4.69) is 34.2 Å². The number of nitrogens with one attached hydrogen (secondary N) is 2. The molecule has 136 valence electrons. The van der Waals surface area contributed by atoms with Gasteiger partial charge in [-0.05, 0) is 35.2 Å². The topological polar surface area (TPSA) is 80.3 Å². The molecule has 6 heteroatoms.